The monoisotopic (exact) mass is 247 g/mol. The van der Waals surface area contributed by atoms with E-state index in [1.54, 1.807) is 6.92 Å². The summed E-state index contributed by atoms with van der Waals surface area (Å²) in [6.07, 6.45) is 0. The Labute approximate surface area is 99.7 Å². The van der Waals surface area contributed by atoms with Crippen LogP contribution >= 0.6 is 11.3 Å². The van der Waals surface area contributed by atoms with Crippen molar-refractivity contribution in [2.75, 3.05) is 5.73 Å². The highest BCUT2D eigenvalue weighted by Gasteiger charge is 2.11. The summed E-state index contributed by atoms with van der Waals surface area (Å²) in [5, 5.41) is 5.43. The SMILES string of the molecule is Cc1cc(=O)n2[nH]c(-c3ccsc3N)nc2n1. The zero-order chi connectivity index (χ0) is 12.0. The largest absolute Gasteiger partial charge is 0.390 e. The molecule has 0 aliphatic carbocycles. The predicted octanol–water partition coefficient (Wildman–Crippen LogP) is 1.04. The molecule has 0 aliphatic rings. The van der Waals surface area contributed by atoms with Gasteiger partial charge in [0.1, 0.15) is 0 Å². The number of hydrogen-bond donors (Lipinski definition) is 2. The van der Waals surface area contributed by atoms with Gasteiger partial charge in [-0.1, -0.05) is 0 Å². The number of aryl methyl sites for hydroxylation is 1. The van der Waals surface area contributed by atoms with Crippen LogP contribution < -0.4 is 11.3 Å². The minimum absolute atomic E-state index is 0.181. The fourth-order valence-electron chi connectivity index (χ4n) is 1.63. The van der Waals surface area contributed by atoms with E-state index >= 15 is 0 Å². The lowest BCUT2D eigenvalue weighted by Crippen LogP contribution is -2.14. The van der Waals surface area contributed by atoms with E-state index in [9.17, 15) is 4.79 Å². The van der Waals surface area contributed by atoms with Crippen molar-refractivity contribution in [2.45, 2.75) is 6.92 Å². The Morgan fingerprint density at radius 3 is 3.00 bits per heavy atom. The average molecular weight is 247 g/mol. The quantitative estimate of drug-likeness (QED) is 0.672. The molecule has 0 aliphatic heterocycles. The van der Waals surface area contributed by atoms with Crippen LogP contribution in [0.5, 0.6) is 0 Å². The van der Waals surface area contributed by atoms with Gasteiger partial charge in [0.15, 0.2) is 5.82 Å². The summed E-state index contributed by atoms with van der Waals surface area (Å²) < 4.78 is 1.30. The van der Waals surface area contributed by atoms with E-state index < -0.39 is 0 Å². The summed E-state index contributed by atoms with van der Waals surface area (Å²) in [6.45, 7) is 1.76. The Kier molecular flexibility index (Phi) is 2.02. The van der Waals surface area contributed by atoms with E-state index in [-0.39, 0.29) is 5.56 Å². The minimum Gasteiger partial charge on any atom is -0.390 e. The van der Waals surface area contributed by atoms with Crippen LogP contribution in [0.15, 0.2) is 22.3 Å². The van der Waals surface area contributed by atoms with Crippen molar-refractivity contribution in [1.82, 2.24) is 19.6 Å². The molecule has 0 unspecified atom stereocenters. The molecule has 6 nitrogen and oxygen atoms in total. The van der Waals surface area contributed by atoms with Crippen molar-refractivity contribution in [3.63, 3.8) is 0 Å². The number of nitrogen functional groups attached to an aromatic ring is 1. The minimum atomic E-state index is -0.181. The second-order valence-electron chi connectivity index (χ2n) is 3.64. The summed E-state index contributed by atoms with van der Waals surface area (Å²) in [7, 11) is 0. The summed E-state index contributed by atoms with van der Waals surface area (Å²) in [4.78, 5) is 20.1. The molecule has 0 atom stereocenters. The molecule has 0 bridgehead atoms. The van der Waals surface area contributed by atoms with Gasteiger partial charge in [0.2, 0.25) is 0 Å². The molecule has 86 valence electrons. The lowest BCUT2D eigenvalue weighted by Gasteiger charge is -1.92. The van der Waals surface area contributed by atoms with E-state index in [1.807, 2.05) is 11.4 Å². The molecule has 3 aromatic heterocycles. The number of aromatic amines is 1. The van der Waals surface area contributed by atoms with Gasteiger partial charge in [0, 0.05) is 11.8 Å². The molecule has 3 aromatic rings. The first-order valence-corrected chi connectivity index (χ1v) is 5.83. The van der Waals surface area contributed by atoms with Crippen molar-refractivity contribution >= 4 is 22.1 Å². The van der Waals surface area contributed by atoms with E-state index in [2.05, 4.69) is 15.1 Å². The van der Waals surface area contributed by atoms with Crippen LogP contribution in [0, 0.1) is 6.92 Å². The third-order valence-electron chi connectivity index (χ3n) is 2.41. The molecule has 0 radical (unpaired) electrons. The van der Waals surface area contributed by atoms with Gasteiger partial charge in [0.05, 0.1) is 10.6 Å². The number of hydrogen-bond acceptors (Lipinski definition) is 5. The summed E-state index contributed by atoms with van der Waals surface area (Å²) >= 11 is 1.43. The lowest BCUT2D eigenvalue weighted by atomic mass is 10.3. The lowest BCUT2D eigenvalue weighted by molar-refractivity contribution is 0.892. The zero-order valence-corrected chi connectivity index (χ0v) is 9.78. The van der Waals surface area contributed by atoms with Crippen LogP contribution in [-0.4, -0.2) is 19.6 Å². The molecule has 0 saturated heterocycles. The number of anilines is 1. The number of nitrogens with zero attached hydrogens (tertiary/aromatic N) is 3. The summed E-state index contributed by atoms with van der Waals surface area (Å²) in [5.41, 5.74) is 7.07. The smallest absolute Gasteiger partial charge is 0.274 e. The van der Waals surface area contributed by atoms with E-state index in [4.69, 9.17) is 5.73 Å². The highest BCUT2D eigenvalue weighted by molar-refractivity contribution is 7.14. The van der Waals surface area contributed by atoms with E-state index in [0.29, 0.717) is 22.3 Å². The van der Waals surface area contributed by atoms with Gasteiger partial charge in [-0.25, -0.2) is 4.98 Å². The molecule has 0 amide bonds. The van der Waals surface area contributed by atoms with E-state index in [0.717, 1.165) is 5.56 Å². The molecule has 0 saturated carbocycles. The van der Waals surface area contributed by atoms with Crippen LogP contribution in [0.25, 0.3) is 17.2 Å². The average Bonchev–Trinajstić information content (AvgIpc) is 2.83. The second-order valence-corrected chi connectivity index (χ2v) is 4.59. The molecule has 0 fully saturated rings. The maximum Gasteiger partial charge on any atom is 0.274 e. The maximum atomic E-state index is 11.7. The Morgan fingerprint density at radius 1 is 1.47 bits per heavy atom. The molecular weight excluding hydrogens is 238 g/mol. The fourth-order valence-corrected chi connectivity index (χ4v) is 2.27. The van der Waals surface area contributed by atoms with Gasteiger partial charge >= 0.3 is 0 Å². The number of H-pyrrole nitrogens is 1. The molecule has 0 aromatic carbocycles. The first-order chi connectivity index (χ1) is 8.15. The molecule has 3 heterocycles. The topological polar surface area (TPSA) is 89.1 Å². The Balaban J connectivity index is 2.31. The predicted molar refractivity (Wildman–Crippen MR) is 66.1 cm³/mol. The fraction of sp³-hybridized carbons (Fsp3) is 0.100. The summed E-state index contributed by atoms with van der Waals surface area (Å²) in [5.74, 6) is 0.912. The third-order valence-corrected chi connectivity index (χ3v) is 3.15. The molecule has 3 N–H and O–H groups in total. The first-order valence-electron chi connectivity index (χ1n) is 4.95. The van der Waals surface area contributed by atoms with Crippen molar-refractivity contribution in [2.24, 2.45) is 0 Å². The van der Waals surface area contributed by atoms with Crippen molar-refractivity contribution in [3.8, 4) is 11.4 Å². The van der Waals surface area contributed by atoms with Gasteiger partial charge in [-0.3, -0.25) is 9.89 Å². The Hall–Kier alpha value is -2.15. The van der Waals surface area contributed by atoms with Gasteiger partial charge in [-0.15, -0.1) is 11.3 Å². The first kappa shape index (κ1) is 10.0. The van der Waals surface area contributed by atoms with Crippen LogP contribution in [0.1, 0.15) is 5.69 Å². The van der Waals surface area contributed by atoms with Gasteiger partial charge < -0.3 is 5.73 Å². The number of nitrogens with two attached hydrogens (primary N) is 1. The van der Waals surface area contributed by atoms with Crippen molar-refractivity contribution in [3.05, 3.63) is 33.6 Å². The molecule has 17 heavy (non-hydrogen) atoms. The van der Waals surface area contributed by atoms with Crippen LogP contribution in [0.4, 0.5) is 5.00 Å². The second kappa shape index (κ2) is 3.42. The van der Waals surface area contributed by atoms with Crippen LogP contribution in [0.2, 0.25) is 0 Å². The number of fused-ring (bicyclic) bond motifs is 1. The van der Waals surface area contributed by atoms with Crippen LogP contribution in [-0.2, 0) is 0 Å². The Bertz CT molecular complexity index is 753. The van der Waals surface area contributed by atoms with Crippen LogP contribution in [0.3, 0.4) is 0 Å². The number of thiophene rings is 1. The van der Waals surface area contributed by atoms with Gasteiger partial charge in [-0.2, -0.15) is 9.50 Å². The number of rotatable bonds is 1. The molecule has 0 spiro atoms. The van der Waals surface area contributed by atoms with Crippen molar-refractivity contribution < 1.29 is 0 Å². The molecule has 7 heteroatoms. The van der Waals surface area contributed by atoms with Gasteiger partial charge in [0.25, 0.3) is 11.3 Å². The standard InChI is InChI=1S/C10H9N5OS/c1-5-4-7(16)15-10(12-5)13-9(14-15)6-2-3-17-8(6)11/h2-4H,11H2,1H3,(H,12,13,14). The molecular formula is C10H9N5OS. The highest BCUT2D eigenvalue weighted by atomic mass is 32.1. The summed E-state index contributed by atoms with van der Waals surface area (Å²) in [6, 6.07) is 3.31. The van der Waals surface area contributed by atoms with E-state index in [1.165, 1.54) is 21.9 Å². The third kappa shape index (κ3) is 1.51. The normalized spacial score (nSPS) is 11.1. The Morgan fingerprint density at radius 2 is 2.29 bits per heavy atom. The number of nitrogens with one attached hydrogen (secondary N) is 1. The maximum absolute atomic E-state index is 11.7. The van der Waals surface area contributed by atoms with Crippen molar-refractivity contribution in [1.29, 1.82) is 0 Å². The number of aromatic nitrogens is 4. The zero-order valence-electron chi connectivity index (χ0n) is 8.97. The van der Waals surface area contributed by atoms with Gasteiger partial charge in [-0.05, 0) is 18.4 Å². The highest BCUT2D eigenvalue weighted by Crippen LogP contribution is 2.27. The molecule has 3 rings (SSSR count).